The highest BCUT2D eigenvalue weighted by molar-refractivity contribution is 6.14. The minimum absolute atomic E-state index is 0.696. The molecule has 0 saturated carbocycles. The molecule has 4 heterocycles. The van der Waals surface area contributed by atoms with Crippen LogP contribution in [-0.2, 0) is 0 Å². The topological polar surface area (TPSA) is 56.0 Å². The van der Waals surface area contributed by atoms with E-state index in [4.69, 9.17) is 4.98 Å². The number of pyridine rings is 2. The van der Waals surface area contributed by atoms with Gasteiger partial charge in [0.15, 0.2) is 0 Å². The summed E-state index contributed by atoms with van der Waals surface area (Å²) in [5.74, 6) is 0.696. The van der Waals surface area contributed by atoms with Crippen LogP contribution in [-0.4, -0.2) is 24.3 Å². The third-order valence-electron chi connectivity index (χ3n) is 6.14. The van der Waals surface area contributed by atoms with Crippen LogP contribution in [0.15, 0.2) is 104 Å². The fraction of sp³-hybridized carbons (Fsp3) is 0. The van der Waals surface area contributed by atoms with E-state index in [-0.39, 0.29) is 0 Å². The third-order valence-corrected chi connectivity index (χ3v) is 6.14. The fourth-order valence-electron chi connectivity index (χ4n) is 4.48. The Labute approximate surface area is 189 Å². The van der Waals surface area contributed by atoms with E-state index >= 15 is 0 Å². The smallest absolute Gasteiger partial charge is 0.234 e. The van der Waals surface area contributed by atoms with Crippen molar-refractivity contribution in [1.29, 1.82) is 0 Å². The standard InChI is InChI=1S/C28H17N5/c1-3-20-8-12-23-22(26(20)29-14-1)11-9-21-10-13-24(31-27(21)23)18-4-6-19(7-5-18)25-17-33-16-2-15-30-28(33)32-25/h1-17H. The monoisotopic (exact) mass is 423 g/mol. The molecule has 7 aromatic rings. The Morgan fingerprint density at radius 1 is 0.545 bits per heavy atom. The Hall–Kier alpha value is -4.64. The number of nitrogens with zero attached hydrogens (tertiary/aromatic N) is 5. The van der Waals surface area contributed by atoms with Crippen LogP contribution in [0.4, 0.5) is 0 Å². The zero-order chi connectivity index (χ0) is 21.8. The summed E-state index contributed by atoms with van der Waals surface area (Å²) in [7, 11) is 0. The maximum Gasteiger partial charge on any atom is 0.234 e. The first-order chi connectivity index (χ1) is 16.3. The highest BCUT2D eigenvalue weighted by Gasteiger charge is 2.10. The number of fused-ring (bicyclic) bond motifs is 6. The van der Waals surface area contributed by atoms with E-state index in [2.05, 4.69) is 81.7 Å². The highest BCUT2D eigenvalue weighted by atomic mass is 15.1. The summed E-state index contributed by atoms with van der Waals surface area (Å²) in [6.45, 7) is 0. The number of imidazole rings is 1. The third kappa shape index (κ3) is 2.87. The molecular formula is C28H17N5. The number of rotatable bonds is 2. The Morgan fingerprint density at radius 3 is 2.06 bits per heavy atom. The lowest BCUT2D eigenvalue weighted by Crippen LogP contribution is -1.89. The average Bonchev–Trinajstić information content (AvgIpc) is 3.32. The molecule has 5 nitrogen and oxygen atoms in total. The van der Waals surface area contributed by atoms with Crippen LogP contribution in [0.25, 0.3) is 60.9 Å². The number of aromatic nitrogens is 5. The van der Waals surface area contributed by atoms with Crippen LogP contribution in [0.1, 0.15) is 0 Å². The summed E-state index contributed by atoms with van der Waals surface area (Å²) in [6, 6.07) is 27.1. The summed E-state index contributed by atoms with van der Waals surface area (Å²) in [5, 5.41) is 4.50. The van der Waals surface area contributed by atoms with Crippen LogP contribution in [0.3, 0.4) is 0 Å². The molecule has 5 heteroatoms. The fourth-order valence-corrected chi connectivity index (χ4v) is 4.48. The second-order valence-electron chi connectivity index (χ2n) is 8.10. The van der Waals surface area contributed by atoms with Gasteiger partial charge in [-0.25, -0.2) is 15.0 Å². The molecule has 0 aliphatic rings. The lowest BCUT2D eigenvalue weighted by molar-refractivity contribution is 1.11. The van der Waals surface area contributed by atoms with E-state index < -0.39 is 0 Å². The second kappa shape index (κ2) is 6.93. The minimum Gasteiger partial charge on any atom is -0.291 e. The Morgan fingerprint density at radius 2 is 1.24 bits per heavy atom. The quantitative estimate of drug-likeness (QED) is 0.306. The summed E-state index contributed by atoms with van der Waals surface area (Å²) < 4.78 is 1.93. The highest BCUT2D eigenvalue weighted by Crippen LogP contribution is 2.31. The number of hydrogen-bond donors (Lipinski definition) is 0. The van der Waals surface area contributed by atoms with Crippen LogP contribution in [0.5, 0.6) is 0 Å². The molecule has 3 aromatic carbocycles. The molecule has 0 saturated heterocycles. The van der Waals surface area contributed by atoms with Crippen molar-refractivity contribution in [3.05, 3.63) is 104 Å². The summed E-state index contributed by atoms with van der Waals surface area (Å²) in [6.07, 6.45) is 7.55. The van der Waals surface area contributed by atoms with Gasteiger partial charge in [-0.3, -0.25) is 9.38 Å². The van der Waals surface area contributed by atoms with E-state index in [9.17, 15) is 0 Å². The van der Waals surface area contributed by atoms with Gasteiger partial charge in [0, 0.05) is 57.5 Å². The van der Waals surface area contributed by atoms with Gasteiger partial charge in [0.1, 0.15) is 0 Å². The van der Waals surface area contributed by atoms with E-state index in [0.717, 1.165) is 55.1 Å². The molecule has 0 aliphatic carbocycles. The molecule has 33 heavy (non-hydrogen) atoms. The lowest BCUT2D eigenvalue weighted by Gasteiger charge is -2.08. The molecule has 0 unspecified atom stereocenters. The molecular weight excluding hydrogens is 406 g/mol. The molecule has 0 spiro atoms. The van der Waals surface area contributed by atoms with Gasteiger partial charge in [-0.15, -0.1) is 0 Å². The van der Waals surface area contributed by atoms with Crippen molar-refractivity contribution < 1.29 is 0 Å². The van der Waals surface area contributed by atoms with Gasteiger partial charge in [0.25, 0.3) is 0 Å². The second-order valence-corrected chi connectivity index (χ2v) is 8.10. The number of benzene rings is 3. The zero-order valence-electron chi connectivity index (χ0n) is 17.6. The van der Waals surface area contributed by atoms with Crippen LogP contribution >= 0.6 is 0 Å². The normalized spacial score (nSPS) is 11.6. The minimum atomic E-state index is 0.696. The summed E-state index contributed by atoms with van der Waals surface area (Å²) in [5.41, 5.74) is 5.96. The van der Waals surface area contributed by atoms with Gasteiger partial charge < -0.3 is 0 Å². The predicted octanol–water partition coefficient (Wildman–Crippen LogP) is 6.31. The molecule has 0 aliphatic heterocycles. The molecule has 4 aromatic heterocycles. The molecule has 0 atom stereocenters. The number of hydrogen-bond acceptors (Lipinski definition) is 4. The molecule has 0 N–H and O–H groups in total. The molecule has 0 amide bonds. The van der Waals surface area contributed by atoms with E-state index in [0.29, 0.717) is 5.78 Å². The Balaban J connectivity index is 1.34. The molecule has 0 bridgehead atoms. The van der Waals surface area contributed by atoms with Gasteiger partial charge in [0.05, 0.1) is 22.4 Å². The van der Waals surface area contributed by atoms with Crippen molar-refractivity contribution in [1.82, 2.24) is 24.3 Å². The average molecular weight is 423 g/mol. The summed E-state index contributed by atoms with van der Waals surface area (Å²) in [4.78, 5) is 18.6. The first kappa shape index (κ1) is 18.0. The van der Waals surface area contributed by atoms with E-state index in [1.807, 2.05) is 35.1 Å². The van der Waals surface area contributed by atoms with Crippen molar-refractivity contribution in [3.63, 3.8) is 0 Å². The Bertz CT molecular complexity index is 1780. The lowest BCUT2D eigenvalue weighted by atomic mass is 10.0. The van der Waals surface area contributed by atoms with Gasteiger partial charge >= 0.3 is 0 Å². The van der Waals surface area contributed by atoms with E-state index in [1.165, 1.54) is 0 Å². The largest absolute Gasteiger partial charge is 0.291 e. The van der Waals surface area contributed by atoms with Crippen molar-refractivity contribution in [2.75, 3.05) is 0 Å². The Kier molecular flexibility index (Phi) is 3.78. The zero-order valence-corrected chi connectivity index (χ0v) is 17.6. The van der Waals surface area contributed by atoms with Crippen molar-refractivity contribution in [3.8, 4) is 22.5 Å². The SMILES string of the molecule is c1cnc2c(c1)ccc1c2ccc2ccc(-c3ccc(-c4cn5cccnc5n4)cc3)nc21. The first-order valence-electron chi connectivity index (χ1n) is 10.8. The van der Waals surface area contributed by atoms with E-state index in [1.54, 1.807) is 6.20 Å². The van der Waals surface area contributed by atoms with Gasteiger partial charge in [-0.1, -0.05) is 60.7 Å². The van der Waals surface area contributed by atoms with Crippen LogP contribution in [0, 0.1) is 0 Å². The van der Waals surface area contributed by atoms with Gasteiger partial charge in [0.2, 0.25) is 5.78 Å². The predicted molar refractivity (Wildman–Crippen MR) is 132 cm³/mol. The van der Waals surface area contributed by atoms with Crippen molar-refractivity contribution >= 4 is 38.4 Å². The summed E-state index contributed by atoms with van der Waals surface area (Å²) >= 11 is 0. The van der Waals surface area contributed by atoms with Crippen LogP contribution in [0.2, 0.25) is 0 Å². The first-order valence-corrected chi connectivity index (χ1v) is 10.8. The maximum absolute atomic E-state index is 5.06. The van der Waals surface area contributed by atoms with Crippen molar-refractivity contribution in [2.24, 2.45) is 0 Å². The molecule has 154 valence electrons. The van der Waals surface area contributed by atoms with Crippen molar-refractivity contribution in [2.45, 2.75) is 0 Å². The van der Waals surface area contributed by atoms with Gasteiger partial charge in [-0.05, 0) is 18.2 Å². The van der Waals surface area contributed by atoms with Gasteiger partial charge in [-0.2, -0.15) is 0 Å². The molecule has 0 fully saturated rings. The van der Waals surface area contributed by atoms with Crippen LogP contribution < -0.4 is 0 Å². The molecule has 7 rings (SSSR count). The maximum atomic E-state index is 5.06. The molecule has 0 radical (unpaired) electrons.